The summed E-state index contributed by atoms with van der Waals surface area (Å²) in [5.74, 6) is 3.64. The number of para-hydroxylation sites is 1. The van der Waals surface area contributed by atoms with Crippen LogP contribution in [0.5, 0.6) is 11.5 Å². The van der Waals surface area contributed by atoms with E-state index >= 15 is 0 Å². The van der Waals surface area contributed by atoms with E-state index in [1.165, 1.54) is 24.8 Å². The molecule has 1 saturated heterocycles. The molecule has 0 N–H and O–H groups in total. The van der Waals surface area contributed by atoms with E-state index < -0.39 is 0 Å². The first kappa shape index (κ1) is 16.4. The monoisotopic (exact) mass is 342 g/mol. The summed E-state index contributed by atoms with van der Waals surface area (Å²) in [7, 11) is 0. The zero-order valence-corrected chi connectivity index (χ0v) is 15.1. The Bertz CT molecular complexity index is 743. The maximum atomic E-state index is 5.89. The minimum Gasteiger partial charge on any atom is -0.486 e. The molecule has 1 atom stereocenters. The number of benzene rings is 1. The van der Waals surface area contributed by atoms with Crippen molar-refractivity contribution >= 4 is 0 Å². The summed E-state index contributed by atoms with van der Waals surface area (Å²) in [6, 6.07) is 6.69. The van der Waals surface area contributed by atoms with Crippen molar-refractivity contribution in [2.75, 3.05) is 19.8 Å². The molecule has 3 heterocycles. The van der Waals surface area contributed by atoms with E-state index in [-0.39, 0.29) is 0 Å². The van der Waals surface area contributed by atoms with E-state index in [4.69, 9.17) is 9.47 Å². The molecule has 1 aromatic carbocycles. The van der Waals surface area contributed by atoms with Crippen molar-refractivity contribution in [2.45, 2.75) is 52.2 Å². The number of rotatable bonds is 4. The molecule has 25 heavy (non-hydrogen) atoms. The molecular weight excluding hydrogens is 316 g/mol. The molecule has 0 spiro atoms. The Morgan fingerprint density at radius 1 is 1.16 bits per heavy atom. The van der Waals surface area contributed by atoms with E-state index in [0.29, 0.717) is 19.3 Å². The van der Waals surface area contributed by atoms with Crippen molar-refractivity contribution in [3.63, 3.8) is 0 Å². The van der Waals surface area contributed by atoms with Crippen molar-refractivity contribution in [1.82, 2.24) is 19.7 Å². The highest BCUT2D eigenvalue weighted by molar-refractivity contribution is 5.47. The first-order valence-electron chi connectivity index (χ1n) is 9.20. The summed E-state index contributed by atoms with van der Waals surface area (Å²) in [5.41, 5.74) is 1.22. The van der Waals surface area contributed by atoms with Crippen LogP contribution >= 0.6 is 0 Å². The molecule has 0 unspecified atom stereocenters. The lowest BCUT2D eigenvalue weighted by molar-refractivity contribution is 0.116. The Kier molecular flexibility index (Phi) is 4.61. The minimum atomic E-state index is 0.480. The molecule has 2 aliphatic heterocycles. The molecule has 1 fully saturated rings. The fraction of sp³-hybridized carbons (Fsp3) is 0.579. The molecule has 0 saturated carbocycles. The smallest absolute Gasteiger partial charge is 0.165 e. The second kappa shape index (κ2) is 7.04. The van der Waals surface area contributed by atoms with Crippen LogP contribution in [-0.2, 0) is 13.1 Å². The lowest BCUT2D eigenvalue weighted by atomic mass is 10.0. The van der Waals surface area contributed by atoms with Gasteiger partial charge in [0.05, 0.1) is 6.54 Å². The second-order valence-corrected chi connectivity index (χ2v) is 6.95. The van der Waals surface area contributed by atoms with Gasteiger partial charge in [-0.05, 0) is 39.3 Å². The molecule has 0 aliphatic carbocycles. The third kappa shape index (κ3) is 3.49. The highest BCUT2D eigenvalue weighted by atomic mass is 16.6. The molecule has 1 aromatic heterocycles. The average Bonchev–Trinajstić information content (AvgIpc) is 2.94. The zero-order valence-electron chi connectivity index (χ0n) is 15.1. The lowest BCUT2D eigenvalue weighted by Crippen LogP contribution is -2.42. The SMILES string of the molecule is Cc1nc(C)n(C[C@H]2CCCCN2Cc2cccc3c2OCCO3)n1. The second-order valence-electron chi connectivity index (χ2n) is 6.95. The quantitative estimate of drug-likeness (QED) is 0.855. The van der Waals surface area contributed by atoms with Gasteiger partial charge in [-0.25, -0.2) is 9.67 Å². The molecule has 6 nitrogen and oxygen atoms in total. The molecule has 2 aliphatic rings. The van der Waals surface area contributed by atoms with Gasteiger partial charge in [0.1, 0.15) is 24.9 Å². The maximum Gasteiger partial charge on any atom is 0.165 e. The van der Waals surface area contributed by atoms with E-state index in [1.54, 1.807) is 0 Å². The molecule has 0 bridgehead atoms. The third-order valence-electron chi connectivity index (χ3n) is 5.12. The van der Waals surface area contributed by atoms with E-state index in [9.17, 15) is 0 Å². The van der Waals surface area contributed by atoms with Gasteiger partial charge < -0.3 is 9.47 Å². The number of aryl methyl sites for hydroxylation is 2. The fourth-order valence-corrected chi connectivity index (χ4v) is 3.89. The van der Waals surface area contributed by atoms with Crippen molar-refractivity contribution in [1.29, 1.82) is 0 Å². The Morgan fingerprint density at radius 3 is 2.88 bits per heavy atom. The Morgan fingerprint density at radius 2 is 2.04 bits per heavy atom. The highest BCUT2D eigenvalue weighted by Crippen LogP contribution is 2.35. The van der Waals surface area contributed by atoms with Gasteiger partial charge in [-0.1, -0.05) is 18.6 Å². The average molecular weight is 342 g/mol. The van der Waals surface area contributed by atoms with Crippen LogP contribution in [0.1, 0.15) is 36.5 Å². The van der Waals surface area contributed by atoms with Gasteiger partial charge in [-0.2, -0.15) is 5.10 Å². The van der Waals surface area contributed by atoms with Crippen molar-refractivity contribution in [2.24, 2.45) is 0 Å². The Balaban J connectivity index is 1.53. The summed E-state index contributed by atoms with van der Waals surface area (Å²) >= 11 is 0. The van der Waals surface area contributed by atoms with Gasteiger partial charge in [-0.15, -0.1) is 0 Å². The van der Waals surface area contributed by atoms with E-state index in [2.05, 4.69) is 31.8 Å². The van der Waals surface area contributed by atoms with Gasteiger partial charge in [0.15, 0.2) is 11.5 Å². The van der Waals surface area contributed by atoms with Gasteiger partial charge in [0, 0.05) is 18.2 Å². The number of hydrogen-bond donors (Lipinski definition) is 0. The summed E-state index contributed by atoms with van der Waals surface area (Å²) in [5, 5.41) is 4.55. The number of nitrogens with zero attached hydrogens (tertiary/aromatic N) is 4. The summed E-state index contributed by atoms with van der Waals surface area (Å²) in [4.78, 5) is 7.00. The van der Waals surface area contributed by atoms with Crippen LogP contribution in [0.4, 0.5) is 0 Å². The first-order valence-corrected chi connectivity index (χ1v) is 9.20. The molecule has 6 heteroatoms. The van der Waals surface area contributed by atoms with Gasteiger partial charge in [0.25, 0.3) is 0 Å². The molecule has 0 radical (unpaired) electrons. The van der Waals surface area contributed by atoms with Crippen LogP contribution in [0.15, 0.2) is 18.2 Å². The number of aromatic nitrogens is 3. The van der Waals surface area contributed by atoms with Crippen LogP contribution in [0.25, 0.3) is 0 Å². The minimum absolute atomic E-state index is 0.480. The van der Waals surface area contributed by atoms with Gasteiger partial charge in [-0.3, -0.25) is 4.90 Å². The Hall–Kier alpha value is -2.08. The first-order chi connectivity index (χ1) is 12.2. The van der Waals surface area contributed by atoms with Crippen molar-refractivity contribution < 1.29 is 9.47 Å². The number of likely N-dealkylation sites (tertiary alicyclic amines) is 1. The molecule has 134 valence electrons. The lowest BCUT2D eigenvalue weighted by Gasteiger charge is -2.36. The summed E-state index contributed by atoms with van der Waals surface area (Å²) in [6.45, 7) is 8.16. The standard InChI is InChI=1S/C19H26N4O2/c1-14-20-15(2)23(21-14)13-17-7-3-4-9-22(17)12-16-6-5-8-18-19(16)25-11-10-24-18/h5-6,8,17H,3-4,7,9-13H2,1-2H3/t17-/m1/s1. The largest absolute Gasteiger partial charge is 0.486 e. The number of ether oxygens (including phenoxy) is 2. The van der Waals surface area contributed by atoms with Crippen LogP contribution in [0.2, 0.25) is 0 Å². The zero-order chi connectivity index (χ0) is 17.2. The van der Waals surface area contributed by atoms with Gasteiger partial charge >= 0.3 is 0 Å². The third-order valence-corrected chi connectivity index (χ3v) is 5.12. The summed E-state index contributed by atoms with van der Waals surface area (Å²) in [6.07, 6.45) is 3.73. The summed E-state index contributed by atoms with van der Waals surface area (Å²) < 4.78 is 13.7. The van der Waals surface area contributed by atoms with Crippen LogP contribution in [0, 0.1) is 13.8 Å². The number of fused-ring (bicyclic) bond motifs is 1. The van der Waals surface area contributed by atoms with Crippen molar-refractivity contribution in [3.05, 3.63) is 35.4 Å². The molecule has 2 aromatic rings. The van der Waals surface area contributed by atoms with Crippen LogP contribution in [0.3, 0.4) is 0 Å². The van der Waals surface area contributed by atoms with E-state index in [1.807, 2.05) is 19.9 Å². The predicted octanol–water partition coefficient (Wildman–Crippen LogP) is 2.72. The van der Waals surface area contributed by atoms with Crippen LogP contribution in [-0.4, -0.2) is 45.5 Å². The maximum absolute atomic E-state index is 5.89. The molecule has 0 amide bonds. The van der Waals surface area contributed by atoms with Crippen LogP contribution < -0.4 is 9.47 Å². The fourth-order valence-electron chi connectivity index (χ4n) is 3.89. The van der Waals surface area contributed by atoms with Gasteiger partial charge in [0.2, 0.25) is 0 Å². The van der Waals surface area contributed by atoms with E-state index in [0.717, 1.165) is 42.8 Å². The highest BCUT2D eigenvalue weighted by Gasteiger charge is 2.26. The molecular formula is C19H26N4O2. The van der Waals surface area contributed by atoms with Crippen molar-refractivity contribution in [3.8, 4) is 11.5 Å². The normalized spacial score (nSPS) is 20.6. The predicted molar refractivity (Wildman–Crippen MR) is 95.0 cm³/mol. The topological polar surface area (TPSA) is 52.4 Å². The molecule has 4 rings (SSSR count). The number of piperidine rings is 1. The number of hydrogen-bond acceptors (Lipinski definition) is 5. The Labute approximate surface area is 148 Å².